The van der Waals surface area contributed by atoms with E-state index in [0.29, 0.717) is 5.92 Å². The molecule has 0 heterocycles. The Morgan fingerprint density at radius 2 is 1.95 bits per heavy atom. The Kier molecular flexibility index (Phi) is 4.09. The number of allylic oxidation sites excluding steroid dienone is 4. The van der Waals surface area contributed by atoms with Crippen molar-refractivity contribution in [2.24, 2.45) is 11.8 Å². The van der Waals surface area contributed by atoms with Gasteiger partial charge in [-0.2, -0.15) is 0 Å². The Morgan fingerprint density at radius 1 is 1.26 bits per heavy atom. The van der Waals surface area contributed by atoms with E-state index in [4.69, 9.17) is 0 Å². The molecule has 0 aromatic heterocycles. The lowest BCUT2D eigenvalue weighted by Gasteiger charge is -2.36. The first-order chi connectivity index (χ1) is 9.18. The summed E-state index contributed by atoms with van der Waals surface area (Å²) in [5, 5.41) is 0. The van der Waals surface area contributed by atoms with E-state index < -0.39 is 0 Å². The van der Waals surface area contributed by atoms with Crippen molar-refractivity contribution in [3.8, 4) is 0 Å². The summed E-state index contributed by atoms with van der Waals surface area (Å²) in [6.45, 7) is 12.6. The Bertz CT molecular complexity index is 480. The summed E-state index contributed by atoms with van der Waals surface area (Å²) < 4.78 is 0. The Labute approximate surface area is 117 Å². The zero-order valence-corrected chi connectivity index (χ0v) is 12.1. The maximum absolute atomic E-state index is 4.09. The van der Waals surface area contributed by atoms with E-state index in [-0.39, 0.29) is 5.41 Å². The van der Waals surface area contributed by atoms with Crippen LogP contribution in [0.2, 0.25) is 0 Å². The molecule has 1 aliphatic carbocycles. The molecule has 1 aromatic carbocycles. The van der Waals surface area contributed by atoms with Crippen molar-refractivity contribution < 1.29 is 0 Å². The van der Waals surface area contributed by atoms with Crippen molar-refractivity contribution in [2.45, 2.75) is 32.1 Å². The molecule has 0 amide bonds. The molecule has 0 aliphatic heterocycles. The molecule has 0 bridgehead atoms. The van der Waals surface area contributed by atoms with Crippen molar-refractivity contribution in [3.63, 3.8) is 0 Å². The molecule has 2 rings (SSSR count). The van der Waals surface area contributed by atoms with Crippen LogP contribution in [0.5, 0.6) is 0 Å². The highest BCUT2D eigenvalue weighted by molar-refractivity contribution is 5.45. The van der Waals surface area contributed by atoms with Crippen LogP contribution in [0.1, 0.15) is 32.3 Å². The summed E-state index contributed by atoms with van der Waals surface area (Å²) in [5.74, 6) is 1.22. The fourth-order valence-corrected chi connectivity index (χ4v) is 3.84. The molecule has 0 heteroatoms. The molecule has 0 N–H and O–H groups in total. The third-order valence-corrected chi connectivity index (χ3v) is 4.58. The molecule has 0 saturated heterocycles. The van der Waals surface area contributed by atoms with Crippen molar-refractivity contribution in [3.05, 3.63) is 72.9 Å². The quantitative estimate of drug-likeness (QED) is 0.504. The molecule has 0 spiro atoms. The lowest BCUT2D eigenvalue weighted by atomic mass is 9.66. The first-order valence-electron chi connectivity index (χ1n) is 7.16. The van der Waals surface area contributed by atoms with Crippen LogP contribution >= 0.6 is 0 Å². The molecule has 100 valence electrons. The van der Waals surface area contributed by atoms with Crippen LogP contribution in [0.3, 0.4) is 0 Å². The predicted molar refractivity (Wildman–Crippen MR) is 84.2 cm³/mol. The van der Waals surface area contributed by atoms with Crippen molar-refractivity contribution >= 4 is 0 Å². The minimum absolute atomic E-state index is 0.0684. The van der Waals surface area contributed by atoms with E-state index in [1.165, 1.54) is 24.0 Å². The average Bonchev–Trinajstić information content (AvgIpc) is 2.79. The normalized spacial score (nSPS) is 31.2. The van der Waals surface area contributed by atoms with Crippen LogP contribution in [-0.4, -0.2) is 0 Å². The van der Waals surface area contributed by atoms with E-state index in [1.807, 2.05) is 6.08 Å². The monoisotopic (exact) mass is 252 g/mol. The van der Waals surface area contributed by atoms with Crippen molar-refractivity contribution in [1.82, 2.24) is 0 Å². The van der Waals surface area contributed by atoms with Gasteiger partial charge in [-0.25, -0.2) is 0 Å². The zero-order valence-electron chi connectivity index (χ0n) is 12.1. The minimum atomic E-state index is 0.0684. The molecule has 3 unspecified atom stereocenters. The van der Waals surface area contributed by atoms with Gasteiger partial charge >= 0.3 is 0 Å². The van der Waals surface area contributed by atoms with Crippen LogP contribution in [-0.2, 0) is 5.41 Å². The largest absolute Gasteiger partial charge is 0.103 e. The second-order valence-corrected chi connectivity index (χ2v) is 5.67. The summed E-state index contributed by atoms with van der Waals surface area (Å²) in [5.41, 5.74) is 2.81. The van der Waals surface area contributed by atoms with Gasteiger partial charge in [-0.1, -0.05) is 62.1 Å². The van der Waals surface area contributed by atoms with Crippen molar-refractivity contribution in [1.29, 1.82) is 0 Å². The summed E-state index contributed by atoms with van der Waals surface area (Å²) in [7, 11) is 0. The number of hydrogen-bond acceptors (Lipinski definition) is 0. The predicted octanol–water partition coefficient (Wildman–Crippen LogP) is 5.29. The van der Waals surface area contributed by atoms with E-state index in [9.17, 15) is 0 Å². The second kappa shape index (κ2) is 5.61. The maximum atomic E-state index is 4.09. The number of rotatable bonds is 4. The van der Waals surface area contributed by atoms with Gasteiger partial charge < -0.3 is 0 Å². The van der Waals surface area contributed by atoms with Crippen LogP contribution in [0.4, 0.5) is 0 Å². The highest BCUT2D eigenvalue weighted by atomic mass is 14.5. The number of benzene rings is 1. The SMILES string of the molecule is C=C/C(=C\C)C1(c2ccccc2)CC(C)CC1C=C. The molecule has 1 aliphatic rings. The van der Waals surface area contributed by atoms with Crippen LogP contribution < -0.4 is 0 Å². The molecular weight excluding hydrogens is 228 g/mol. The van der Waals surface area contributed by atoms with Crippen LogP contribution in [0.15, 0.2) is 67.3 Å². The van der Waals surface area contributed by atoms with Gasteiger partial charge in [0.05, 0.1) is 0 Å². The molecule has 0 radical (unpaired) electrons. The molecule has 1 saturated carbocycles. The third-order valence-electron chi connectivity index (χ3n) is 4.58. The smallest absolute Gasteiger partial charge is 0.0264 e. The fraction of sp³-hybridized carbons (Fsp3) is 0.368. The zero-order chi connectivity index (χ0) is 13.9. The van der Waals surface area contributed by atoms with Gasteiger partial charge in [-0.15, -0.1) is 6.58 Å². The topological polar surface area (TPSA) is 0 Å². The molecule has 1 fully saturated rings. The van der Waals surface area contributed by atoms with Gasteiger partial charge in [0.2, 0.25) is 0 Å². The first-order valence-corrected chi connectivity index (χ1v) is 7.16. The highest BCUT2D eigenvalue weighted by Gasteiger charge is 2.47. The molecule has 3 atom stereocenters. The van der Waals surface area contributed by atoms with Gasteiger partial charge in [0.25, 0.3) is 0 Å². The van der Waals surface area contributed by atoms with E-state index >= 15 is 0 Å². The summed E-state index contributed by atoms with van der Waals surface area (Å²) in [4.78, 5) is 0. The summed E-state index contributed by atoms with van der Waals surface area (Å²) >= 11 is 0. The van der Waals surface area contributed by atoms with E-state index in [0.717, 1.165) is 5.92 Å². The van der Waals surface area contributed by atoms with Gasteiger partial charge in [-0.05, 0) is 42.7 Å². The van der Waals surface area contributed by atoms with Gasteiger partial charge in [0.1, 0.15) is 0 Å². The standard InChI is InChI=1S/C19H24/c1-5-16(6-2)19(18-11-9-8-10-12-18)14-15(4)13-17(19)7-3/h5-12,15,17H,1,3,13-14H2,2,4H3/b16-6+. The maximum Gasteiger partial charge on any atom is 0.0264 e. The van der Waals surface area contributed by atoms with Gasteiger partial charge in [-0.3, -0.25) is 0 Å². The number of hydrogen-bond donors (Lipinski definition) is 0. The highest BCUT2D eigenvalue weighted by Crippen LogP contribution is 2.53. The lowest BCUT2D eigenvalue weighted by Crippen LogP contribution is -2.31. The first kappa shape index (κ1) is 13.9. The fourth-order valence-electron chi connectivity index (χ4n) is 3.84. The molecular formula is C19H24. The molecule has 0 nitrogen and oxygen atoms in total. The summed E-state index contributed by atoms with van der Waals surface area (Å²) in [6.07, 6.45) is 8.78. The third kappa shape index (κ3) is 2.20. The van der Waals surface area contributed by atoms with E-state index in [1.54, 1.807) is 0 Å². The Morgan fingerprint density at radius 3 is 2.47 bits per heavy atom. The molecule has 19 heavy (non-hydrogen) atoms. The summed E-state index contributed by atoms with van der Waals surface area (Å²) in [6, 6.07) is 10.9. The van der Waals surface area contributed by atoms with Crippen molar-refractivity contribution in [2.75, 3.05) is 0 Å². The second-order valence-electron chi connectivity index (χ2n) is 5.67. The average molecular weight is 252 g/mol. The van der Waals surface area contributed by atoms with Gasteiger partial charge in [0.15, 0.2) is 0 Å². The van der Waals surface area contributed by atoms with Crippen LogP contribution in [0, 0.1) is 11.8 Å². The Balaban J connectivity index is 2.63. The Hall–Kier alpha value is -1.56. The molecule has 1 aromatic rings. The van der Waals surface area contributed by atoms with Gasteiger partial charge in [0, 0.05) is 5.41 Å². The van der Waals surface area contributed by atoms with E-state index in [2.05, 4.69) is 69.5 Å². The van der Waals surface area contributed by atoms with Crippen LogP contribution in [0.25, 0.3) is 0 Å². The minimum Gasteiger partial charge on any atom is -0.103 e. The lowest BCUT2D eigenvalue weighted by molar-refractivity contribution is 0.439.